The fraction of sp³-hybridized carbons (Fsp3) is 0.361. The van der Waals surface area contributed by atoms with Gasteiger partial charge in [-0.05, 0) is 93.7 Å². The highest BCUT2D eigenvalue weighted by Gasteiger charge is 2.26. The number of benzene rings is 2. The van der Waals surface area contributed by atoms with Gasteiger partial charge in [-0.15, -0.1) is 0 Å². The number of aromatic nitrogens is 5. The molecule has 240 valence electrons. The molecule has 2 aliphatic rings. The van der Waals surface area contributed by atoms with Crippen molar-refractivity contribution in [1.29, 1.82) is 5.26 Å². The zero-order valence-corrected chi connectivity index (χ0v) is 26.7. The Balaban J connectivity index is 1.07. The van der Waals surface area contributed by atoms with E-state index in [-0.39, 0.29) is 11.4 Å². The van der Waals surface area contributed by atoms with E-state index >= 15 is 0 Å². The van der Waals surface area contributed by atoms with Crippen molar-refractivity contribution in [3.63, 3.8) is 0 Å². The van der Waals surface area contributed by atoms with Gasteiger partial charge in [0.15, 0.2) is 0 Å². The molecule has 0 saturated carbocycles. The molecule has 0 amide bonds. The van der Waals surface area contributed by atoms with Crippen LogP contribution in [0.1, 0.15) is 75.5 Å². The zero-order chi connectivity index (χ0) is 32.7. The summed E-state index contributed by atoms with van der Waals surface area (Å²) in [4.78, 5) is 30.9. The number of carboxylic acid groups (broad SMARTS) is 1. The molecule has 10 nitrogen and oxygen atoms in total. The van der Waals surface area contributed by atoms with Crippen LogP contribution in [0.15, 0.2) is 55.0 Å². The van der Waals surface area contributed by atoms with E-state index in [0.29, 0.717) is 43.1 Å². The molecular formula is C36H37FN8O2. The van der Waals surface area contributed by atoms with Crippen LogP contribution in [0.25, 0.3) is 11.0 Å². The number of aromatic carboxylic acids is 1. The van der Waals surface area contributed by atoms with Crippen molar-refractivity contribution in [1.82, 2.24) is 29.0 Å². The van der Waals surface area contributed by atoms with Crippen LogP contribution in [0, 0.1) is 24.1 Å². The van der Waals surface area contributed by atoms with E-state index < -0.39 is 5.97 Å². The van der Waals surface area contributed by atoms with Gasteiger partial charge in [0, 0.05) is 43.0 Å². The van der Waals surface area contributed by atoms with Crippen LogP contribution in [0.2, 0.25) is 0 Å². The van der Waals surface area contributed by atoms with E-state index in [1.54, 1.807) is 18.2 Å². The molecule has 3 aromatic heterocycles. The number of nitriles is 1. The lowest BCUT2D eigenvalue weighted by atomic mass is 9.93. The monoisotopic (exact) mass is 632 g/mol. The largest absolute Gasteiger partial charge is 0.478 e. The molecule has 1 saturated heterocycles. The van der Waals surface area contributed by atoms with Crippen molar-refractivity contribution in [2.75, 3.05) is 24.5 Å². The number of nitrogens with zero attached hydrogens (tertiary/aromatic N) is 8. The molecule has 11 heteroatoms. The van der Waals surface area contributed by atoms with Crippen LogP contribution in [0.4, 0.5) is 10.2 Å². The van der Waals surface area contributed by atoms with Gasteiger partial charge < -0.3 is 19.1 Å². The number of carboxylic acids is 1. The Morgan fingerprint density at radius 2 is 1.94 bits per heavy atom. The molecule has 2 aromatic carbocycles. The summed E-state index contributed by atoms with van der Waals surface area (Å²) in [6.07, 6.45) is 6.27. The molecule has 2 aliphatic heterocycles. The van der Waals surface area contributed by atoms with E-state index in [4.69, 9.17) is 9.97 Å². The first kappa shape index (κ1) is 30.6. The first-order chi connectivity index (χ1) is 22.8. The van der Waals surface area contributed by atoms with Crippen LogP contribution < -0.4 is 4.90 Å². The molecule has 0 bridgehead atoms. The highest BCUT2D eigenvalue weighted by molar-refractivity contribution is 5.94. The maximum Gasteiger partial charge on any atom is 0.335 e. The van der Waals surface area contributed by atoms with Crippen LogP contribution in [0.5, 0.6) is 0 Å². The van der Waals surface area contributed by atoms with Gasteiger partial charge in [0.1, 0.15) is 17.5 Å². The molecule has 0 spiro atoms. The fourth-order valence-electron chi connectivity index (χ4n) is 7.10. The molecule has 0 radical (unpaired) electrons. The molecular weight excluding hydrogens is 595 g/mol. The highest BCUT2D eigenvalue weighted by Crippen LogP contribution is 2.32. The van der Waals surface area contributed by atoms with Gasteiger partial charge in [-0.3, -0.25) is 4.90 Å². The Kier molecular flexibility index (Phi) is 8.20. The minimum Gasteiger partial charge on any atom is -0.478 e. The predicted molar refractivity (Wildman–Crippen MR) is 176 cm³/mol. The minimum absolute atomic E-state index is 0.259. The topological polar surface area (TPSA) is 116 Å². The van der Waals surface area contributed by atoms with E-state index in [0.717, 1.165) is 84.2 Å². The van der Waals surface area contributed by atoms with Crippen molar-refractivity contribution in [2.24, 2.45) is 0 Å². The Morgan fingerprint density at radius 1 is 1.11 bits per heavy atom. The van der Waals surface area contributed by atoms with Gasteiger partial charge in [0.2, 0.25) is 0 Å². The molecule has 5 heterocycles. The third-order valence-electron chi connectivity index (χ3n) is 9.70. The van der Waals surface area contributed by atoms with Crippen LogP contribution >= 0.6 is 0 Å². The number of halogens is 1. The number of hydrogen-bond acceptors (Lipinski definition) is 7. The second-order valence-corrected chi connectivity index (χ2v) is 12.6. The minimum atomic E-state index is -0.950. The third-order valence-corrected chi connectivity index (χ3v) is 9.70. The summed E-state index contributed by atoms with van der Waals surface area (Å²) in [5.74, 6) is 0.808. The molecule has 0 atom stereocenters. The second kappa shape index (κ2) is 12.6. The standard InChI is InChI=1S/C36H37FN8O2/c1-3-43-22-39-18-28(43)19-45-32-16-27(36(46)47)13-23(2)35(32)41-34(45)21-42-10-7-25(8-11-42)31-5-4-6-33(40-31)44-12-9-26-14-24(17-38)15-30(37)29(26)20-44/h4-6,13-16,18,22,25H,3,7-12,19-21H2,1-2H3,(H,46,47). The first-order valence-corrected chi connectivity index (χ1v) is 16.2. The van der Waals surface area contributed by atoms with E-state index in [2.05, 4.69) is 43.0 Å². The molecule has 47 heavy (non-hydrogen) atoms. The lowest BCUT2D eigenvalue weighted by Gasteiger charge is -2.33. The number of fused-ring (bicyclic) bond motifs is 2. The average Bonchev–Trinajstić information content (AvgIpc) is 3.69. The smallest absolute Gasteiger partial charge is 0.335 e. The number of likely N-dealkylation sites (tertiary alicyclic amines) is 1. The summed E-state index contributed by atoms with van der Waals surface area (Å²) in [7, 11) is 0. The van der Waals surface area contributed by atoms with Gasteiger partial charge in [-0.1, -0.05) is 6.07 Å². The average molecular weight is 633 g/mol. The molecule has 5 aromatic rings. The van der Waals surface area contributed by atoms with Gasteiger partial charge in [-0.2, -0.15) is 5.26 Å². The molecule has 1 fully saturated rings. The number of rotatable bonds is 8. The molecule has 0 unspecified atom stereocenters. The lowest BCUT2D eigenvalue weighted by Crippen LogP contribution is -2.34. The maximum absolute atomic E-state index is 14.8. The van der Waals surface area contributed by atoms with E-state index in [1.165, 1.54) is 6.07 Å². The Morgan fingerprint density at radius 3 is 2.70 bits per heavy atom. The third kappa shape index (κ3) is 5.97. The number of carbonyl (C=O) groups is 1. The van der Waals surface area contributed by atoms with Gasteiger partial charge in [0.25, 0.3) is 0 Å². The molecule has 1 N–H and O–H groups in total. The van der Waals surface area contributed by atoms with E-state index in [9.17, 15) is 19.6 Å². The van der Waals surface area contributed by atoms with Crippen molar-refractivity contribution in [2.45, 2.75) is 65.2 Å². The van der Waals surface area contributed by atoms with Crippen LogP contribution in [0.3, 0.4) is 0 Å². The van der Waals surface area contributed by atoms with Crippen molar-refractivity contribution in [3.05, 3.63) is 106 Å². The lowest BCUT2D eigenvalue weighted by molar-refractivity contribution is 0.0697. The number of hydrogen-bond donors (Lipinski definition) is 1. The van der Waals surface area contributed by atoms with Crippen LogP contribution in [-0.2, 0) is 32.6 Å². The highest BCUT2D eigenvalue weighted by atomic mass is 19.1. The summed E-state index contributed by atoms with van der Waals surface area (Å²) in [6, 6.07) is 14.7. The second-order valence-electron chi connectivity index (χ2n) is 12.6. The molecule has 7 rings (SSSR count). The van der Waals surface area contributed by atoms with Gasteiger partial charge >= 0.3 is 5.97 Å². The van der Waals surface area contributed by atoms with Crippen molar-refractivity contribution >= 4 is 22.8 Å². The normalized spacial score (nSPS) is 15.6. The Labute approximate surface area is 272 Å². The summed E-state index contributed by atoms with van der Waals surface area (Å²) >= 11 is 0. The van der Waals surface area contributed by atoms with Crippen molar-refractivity contribution in [3.8, 4) is 6.07 Å². The van der Waals surface area contributed by atoms with Gasteiger partial charge in [0.05, 0.1) is 53.3 Å². The Hall–Kier alpha value is -5.08. The SMILES string of the molecule is CCn1cncc1Cn1c(CN2CCC(c3cccc(N4CCc5cc(C#N)cc(F)c5C4)n3)CC2)nc2c(C)cc(C(=O)O)cc21. The van der Waals surface area contributed by atoms with Crippen molar-refractivity contribution < 1.29 is 14.3 Å². The number of imidazole rings is 2. The maximum atomic E-state index is 14.8. The summed E-state index contributed by atoms with van der Waals surface area (Å²) in [5, 5.41) is 19.0. The Bertz CT molecular complexity index is 2020. The van der Waals surface area contributed by atoms with Crippen LogP contribution in [-0.4, -0.2) is 59.7 Å². The molecule has 0 aliphatic carbocycles. The first-order valence-electron chi connectivity index (χ1n) is 16.2. The predicted octanol–water partition coefficient (Wildman–Crippen LogP) is 5.66. The zero-order valence-electron chi connectivity index (χ0n) is 26.7. The quantitative estimate of drug-likeness (QED) is 0.233. The summed E-state index contributed by atoms with van der Waals surface area (Å²) in [5.41, 5.74) is 6.78. The van der Waals surface area contributed by atoms with E-state index in [1.807, 2.05) is 31.6 Å². The summed E-state index contributed by atoms with van der Waals surface area (Å²) < 4.78 is 19.1. The summed E-state index contributed by atoms with van der Waals surface area (Å²) in [6.45, 7) is 8.94. The fourth-order valence-corrected chi connectivity index (χ4v) is 7.10. The number of anilines is 1. The number of pyridine rings is 1. The number of aryl methyl sites for hydroxylation is 2. The van der Waals surface area contributed by atoms with Gasteiger partial charge in [-0.25, -0.2) is 24.1 Å². The number of piperidine rings is 1.